The van der Waals surface area contributed by atoms with Crippen LogP contribution in [0.25, 0.3) is 0 Å². The number of nitrogens with one attached hydrogen (secondary N) is 1. The van der Waals surface area contributed by atoms with Gasteiger partial charge in [0.15, 0.2) is 0 Å². The zero-order valence-electron chi connectivity index (χ0n) is 10.4. The van der Waals surface area contributed by atoms with Gasteiger partial charge in [-0.25, -0.2) is 4.79 Å². The van der Waals surface area contributed by atoms with Crippen LogP contribution in [0.4, 0.5) is 5.69 Å². The van der Waals surface area contributed by atoms with Crippen LogP contribution < -0.4 is 5.32 Å². The zero-order valence-corrected chi connectivity index (χ0v) is 13.5. The Morgan fingerprint density at radius 3 is 2.48 bits per heavy atom. The minimum atomic E-state index is -1.18. The molecule has 0 aromatic heterocycles. The van der Waals surface area contributed by atoms with Gasteiger partial charge >= 0.3 is 5.97 Å². The number of carbonyl (C=O) groups excluding carboxylic acids is 1. The fourth-order valence-electron chi connectivity index (χ4n) is 1.70. The quantitative estimate of drug-likeness (QED) is 0.800. The largest absolute Gasteiger partial charge is 0.478 e. The van der Waals surface area contributed by atoms with Gasteiger partial charge in [0.2, 0.25) is 0 Å². The third kappa shape index (κ3) is 3.75. The van der Waals surface area contributed by atoms with Gasteiger partial charge in [0.05, 0.1) is 16.3 Å². The highest BCUT2D eigenvalue weighted by Crippen LogP contribution is 2.27. The van der Waals surface area contributed by atoms with Crippen molar-refractivity contribution >= 4 is 56.7 Å². The summed E-state index contributed by atoms with van der Waals surface area (Å²) >= 11 is 15.1. The minimum Gasteiger partial charge on any atom is -0.478 e. The smallest absolute Gasteiger partial charge is 0.337 e. The summed E-state index contributed by atoms with van der Waals surface area (Å²) in [6.45, 7) is 0. The minimum absolute atomic E-state index is 0.0489. The molecule has 0 radical (unpaired) electrons. The Morgan fingerprint density at radius 2 is 1.86 bits per heavy atom. The number of carboxylic acids is 1. The summed E-state index contributed by atoms with van der Waals surface area (Å²) in [6.07, 6.45) is 0. The second-order valence-corrected chi connectivity index (χ2v) is 5.84. The maximum Gasteiger partial charge on any atom is 0.337 e. The molecule has 0 fully saturated rings. The van der Waals surface area contributed by atoms with Crippen LogP contribution in [0.15, 0.2) is 40.9 Å². The van der Waals surface area contributed by atoms with Crippen molar-refractivity contribution in [3.8, 4) is 0 Å². The third-order valence-electron chi connectivity index (χ3n) is 2.61. The van der Waals surface area contributed by atoms with E-state index in [2.05, 4.69) is 21.2 Å². The highest BCUT2D eigenvalue weighted by Gasteiger charge is 2.17. The summed E-state index contributed by atoms with van der Waals surface area (Å²) in [4.78, 5) is 23.4. The van der Waals surface area contributed by atoms with Crippen LogP contribution in [0.2, 0.25) is 10.0 Å². The summed E-state index contributed by atoms with van der Waals surface area (Å²) in [7, 11) is 0. The van der Waals surface area contributed by atoms with E-state index in [-0.39, 0.29) is 21.8 Å². The Bertz CT molecular complexity index is 714. The zero-order chi connectivity index (χ0) is 15.6. The maximum atomic E-state index is 12.2. The predicted octanol–water partition coefficient (Wildman–Crippen LogP) is 4.71. The fourth-order valence-corrected chi connectivity index (χ4v) is 2.78. The first kappa shape index (κ1) is 15.8. The fraction of sp³-hybridized carbons (Fsp3) is 0. The number of hydrogen-bond donors (Lipinski definition) is 2. The molecule has 7 heteroatoms. The van der Waals surface area contributed by atoms with Crippen molar-refractivity contribution in [1.29, 1.82) is 0 Å². The molecule has 21 heavy (non-hydrogen) atoms. The van der Waals surface area contributed by atoms with Crippen molar-refractivity contribution in [2.45, 2.75) is 0 Å². The monoisotopic (exact) mass is 387 g/mol. The predicted molar refractivity (Wildman–Crippen MR) is 85.5 cm³/mol. The molecule has 0 aliphatic rings. The van der Waals surface area contributed by atoms with E-state index in [0.29, 0.717) is 9.50 Å². The van der Waals surface area contributed by atoms with Crippen LogP contribution in [0.3, 0.4) is 0 Å². The molecule has 1 amide bonds. The molecule has 0 bridgehead atoms. The molecule has 0 heterocycles. The first-order chi connectivity index (χ1) is 9.88. The van der Waals surface area contributed by atoms with E-state index in [9.17, 15) is 9.59 Å². The normalized spacial score (nSPS) is 10.2. The van der Waals surface area contributed by atoms with E-state index in [1.54, 1.807) is 12.1 Å². The van der Waals surface area contributed by atoms with Crippen LogP contribution in [-0.4, -0.2) is 17.0 Å². The number of carboxylic acid groups (broad SMARTS) is 1. The topological polar surface area (TPSA) is 66.4 Å². The van der Waals surface area contributed by atoms with Gasteiger partial charge in [-0.15, -0.1) is 0 Å². The van der Waals surface area contributed by atoms with Gasteiger partial charge in [0, 0.05) is 15.1 Å². The molecule has 2 aromatic carbocycles. The van der Waals surface area contributed by atoms with Crippen LogP contribution in [0, 0.1) is 0 Å². The third-order valence-corrected chi connectivity index (χ3v) is 3.60. The molecule has 0 unspecified atom stereocenters. The molecule has 2 rings (SSSR count). The van der Waals surface area contributed by atoms with E-state index in [0.717, 1.165) is 0 Å². The van der Waals surface area contributed by atoms with Gasteiger partial charge in [-0.05, 0) is 30.3 Å². The summed E-state index contributed by atoms with van der Waals surface area (Å²) in [6, 6.07) is 9.03. The summed E-state index contributed by atoms with van der Waals surface area (Å²) in [5.74, 6) is -1.69. The number of carbonyl (C=O) groups is 2. The first-order valence-corrected chi connectivity index (χ1v) is 7.22. The molecule has 4 nitrogen and oxygen atoms in total. The van der Waals surface area contributed by atoms with E-state index in [1.165, 1.54) is 24.3 Å². The molecular weight excluding hydrogens is 381 g/mol. The van der Waals surface area contributed by atoms with Crippen LogP contribution >= 0.6 is 39.1 Å². The van der Waals surface area contributed by atoms with Crippen molar-refractivity contribution in [3.05, 3.63) is 62.0 Å². The summed E-state index contributed by atoms with van der Waals surface area (Å²) in [5.41, 5.74) is 0.246. The van der Waals surface area contributed by atoms with Crippen molar-refractivity contribution < 1.29 is 14.7 Å². The number of aromatic carboxylic acids is 1. The van der Waals surface area contributed by atoms with E-state index >= 15 is 0 Å². The van der Waals surface area contributed by atoms with Gasteiger partial charge in [0.25, 0.3) is 5.91 Å². The number of anilines is 1. The number of hydrogen-bond acceptors (Lipinski definition) is 2. The molecule has 108 valence electrons. The highest BCUT2D eigenvalue weighted by atomic mass is 79.9. The van der Waals surface area contributed by atoms with E-state index in [4.69, 9.17) is 28.3 Å². The number of benzene rings is 2. The first-order valence-electron chi connectivity index (χ1n) is 5.67. The van der Waals surface area contributed by atoms with Crippen molar-refractivity contribution in [2.75, 3.05) is 5.32 Å². The lowest BCUT2D eigenvalue weighted by atomic mass is 10.1. The van der Waals surface area contributed by atoms with Crippen LogP contribution in [0.5, 0.6) is 0 Å². The lowest BCUT2D eigenvalue weighted by Gasteiger charge is -2.10. The van der Waals surface area contributed by atoms with Gasteiger partial charge in [-0.2, -0.15) is 0 Å². The Kier molecular flexibility index (Phi) is 4.88. The average Bonchev–Trinajstić information content (AvgIpc) is 2.39. The number of rotatable bonds is 3. The van der Waals surface area contributed by atoms with Crippen molar-refractivity contribution in [1.82, 2.24) is 0 Å². The van der Waals surface area contributed by atoms with Crippen LogP contribution in [0.1, 0.15) is 20.7 Å². The van der Waals surface area contributed by atoms with E-state index in [1.807, 2.05) is 0 Å². The Morgan fingerprint density at radius 1 is 1.14 bits per heavy atom. The molecule has 0 aliphatic heterocycles. The van der Waals surface area contributed by atoms with E-state index < -0.39 is 11.9 Å². The molecule has 0 atom stereocenters. The molecule has 2 aromatic rings. The second kappa shape index (κ2) is 6.47. The number of halogens is 3. The molecule has 0 aliphatic carbocycles. The molecule has 0 saturated carbocycles. The lowest BCUT2D eigenvalue weighted by molar-refractivity contribution is 0.0698. The van der Waals surface area contributed by atoms with Gasteiger partial charge < -0.3 is 10.4 Å². The molecule has 0 saturated heterocycles. The summed E-state index contributed by atoms with van der Waals surface area (Å²) < 4.78 is 0.637. The average molecular weight is 389 g/mol. The van der Waals surface area contributed by atoms with Crippen molar-refractivity contribution in [3.63, 3.8) is 0 Å². The van der Waals surface area contributed by atoms with Gasteiger partial charge in [-0.3, -0.25) is 4.79 Å². The number of para-hydroxylation sites is 1. The molecule has 0 spiro atoms. The summed E-state index contributed by atoms with van der Waals surface area (Å²) in [5, 5.41) is 12.1. The standard InChI is InChI=1S/C14H8BrCl2NO3/c15-8-4-7(5-9(16)6-8)13(19)18-12-10(14(20)21)2-1-3-11(12)17/h1-6H,(H,18,19)(H,20,21). The molecular formula is C14H8BrCl2NO3. The highest BCUT2D eigenvalue weighted by molar-refractivity contribution is 9.10. The van der Waals surface area contributed by atoms with Gasteiger partial charge in [0.1, 0.15) is 0 Å². The Hall–Kier alpha value is -1.56. The molecule has 2 N–H and O–H groups in total. The van der Waals surface area contributed by atoms with Gasteiger partial charge in [-0.1, -0.05) is 45.2 Å². The maximum absolute atomic E-state index is 12.2. The SMILES string of the molecule is O=C(Nc1c(Cl)cccc1C(=O)O)c1cc(Cl)cc(Br)c1. The Balaban J connectivity index is 2.38. The Labute approximate surface area is 138 Å². The van der Waals surface area contributed by atoms with Crippen molar-refractivity contribution in [2.24, 2.45) is 0 Å². The number of amides is 1. The lowest BCUT2D eigenvalue weighted by Crippen LogP contribution is -2.15. The second-order valence-electron chi connectivity index (χ2n) is 4.08. The van der Waals surface area contributed by atoms with Crippen LogP contribution in [-0.2, 0) is 0 Å².